The van der Waals surface area contributed by atoms with Crippen molar-refractivity contribution in [1.29, 1.82) is 0 Å². The molecule has 0 amide bonds. The maximum absolute atomic E-state index is 11.6. The normalized spacial score (nSPS) is 13.4. The summed E-state index contributed by atoms with van der Waals surface area (Å²) in [6.45, 7) is 11.7. The Morgan fingerprint density at radius 3 is 1.50 bits per heavy atom. The van der Waals surface area contributed by atoms with E-state index in [4.69, 9.17) is 9.05 Å². The SMILES string of the molecule is CO[P+](=O)OCN(CO[P+](=O)OC)c1cc(C(C)(C)C)c(O)c(C(C)(C)C)c1. The molecule has 1 aromatic carbocycles. The van der Waals surface area contributed by atoms with Gasteiger partial charge in [-0.15, -0.1) is 9.05 Å². The Labute approximate surface area is 169 Å². The summed E-state index contributed by atoms with van der Waals surface area (Å²) in [4.78, 5) is 1.60. The van der Waals surface area contributed by atoms with E-state index in [2.05, 4.69) is 9.05 Å². The molecule has 0 spiro atoms. The minimum absolute atomic E-state index is 0.131. The van der Waals surface area contributed by atoms with Gasteiger partial charge < -0.3 is 10.0 Å². The molecule has 0 saturated heterocycles. The summed E-state index contributed by atoms with van der Waals surface area (Å²) in [5.74, 6) is 0.233. The molecule has 0 heterocycles. The third kappa shape index (κ3) is 7.03. The monoisotopic (exact) mass is 435 g/mol. The van der Waals surface area contributed by atoms with Crippen molar-refractivity contribution < 1.29 is 32.3 Å². The van der Waals surface area contributed by atoms with Crippen molar-refractivity contribution in [2.24, 2.45) is 0 Å². The van der Waals surface area contributed by atoms with Gasteiger partial charge in [-0.1, -0.05) is 50.6 Å². The number of nitrogens with zero attached hydrogens (tertiary/aromatic N) is 1. The average Bonchev–Trinajstić information content (AvgIpc) is 2.59. The maximum atomic E-state index is 11.6. The van der Waals surface area contributed by atoms with E-state index >= 15 is 0 Å². The second-order valence-corrected chi connectivity index (χ2v) is 10.4. The highest BCUT2D eigenvalue weighted by Gasteiger charge is 2.30. The van der Waals surface area contributed by atoms with Crippen LogP contribution in [0, 0.1) is 0 Å². The number of hydrogen-bond donors (Lipinski definition) is 1. The van der Waals surface area contributed by atoms with Gasteiger partial charge in [-0.3, -0.25) is 0 Å². The lowest BCUT2D eigenvalue weighted by molar-refractivity contribution is 0.212. The number of anilines is 1. The van der Waals surface area contributed by atoms with Crippen LogP contribution >= 0.6 is 16.5 Å². The molecule has 158 valence electrons. The van der Waals surface area contributed by atoms with Crippen LogP contribution in [0.5, 0.6) is 5.75 Å². The van der Waals surface area contributed by atoms with Crippen molar-refractivity contribution in [1.82, 2.24) is 0 Å². The van der Waals surface area contributed by atoms with Crippen molar-refractivity contribution >= 4 is 22.2 Å². The van der Waals surface area contributed by atoms with Crippen molar-refractivity contribution in [2.45, 2.75) is 52.4 Å². The van der Waals surface area contributed by atoms with Gasteiger partial charge >= 0.3 is 16.5 Å². The van der Waals surface area contributed by atoms with Crippen LogP contribution in [0.4, 0.5) is 5.69 Å². The van der Waals surface area contributed by atoms with E-state index in [-0.39, 0.29) is 30.0 Å². The van der Waals surface area contributed by atoms with E-state index in [0.717, 1.165) is 11.1 Å². The molecule has 0 aliphatic rings. The van der Waals surface area contributed by atoms with Gasteiger partial charge in [0, 0.05) is 25.9 Å². The number of phenols is 1. The second kappa shape index (κ2) is 10.1. The molecule has 10 heteroatoms. The molecule has 0 saturated carbocycles. The van der Waals surface area contributed by atoms with Gasteiger partial charge in [-0.05, 0) is 23.0 Å². The highest BCUT2D eigenvalue weighted by atomic mass is 31.1. The fourth-order valence-electron chi connectivity index (χ4n) is 2.47. The van der Waals surface area contributed by atoms with Crippen LogP contribution in [-0.4, -0.2) is 32.8 Å². The fraction of sp³-hybridized carbons (Fsp3) is 0.667. The van der Waals surface area contributed by atoms with Gasteiger partial charge in [0.2, 0.25) is 0 Å². The summed E-state index contributed by atoms with van der Waals surface area (Å²) < 4.78 is 42.8. The molecule has 1 rings (SSSR count). The maximum Gasteiger partial charge on any atom is 0.698 e. The predicted octanol–water partition coefficient (Wildman–Crippen LogP) is 5.35. The van der Waals surface area contributed by atoms with Gasteiger partial charge in [-0.25, -0.2) is 0 Å². The Hall–Kier alpha value is -1.14. The zero-order chi connectivity index (χ0) is 21.7. The van der Waals surface area contributed by atoms with Crippen LogP contribution < -0.4 is 4.90 Å². The minimum atomic E-state index is -2.30. The third-order valence-electron chi connectivity index (χ3n) is 4.01. The van der Waals surface area contributed by atoms with Gasteiger partial charge in [0.25, 0.3) is 0 Å². The highest BCUT2D eigenvalue weighted by molar-refractivity contribution is 7.33. The van der Waals surface area contributed by atoms with E-state index in [0.29, 0.717) is 5.69 Å². The van der Waals surface area contributed by atoms with Crippen molar-refractivity contribution in [3.8, 4) is 5.75 Å². The molecule has 0 radical (unpaired) electrons. The third-order valence-corrected chi connectivity index (χ3v) is 5.26. The summed E-state index contributed by atoms with van der Waals surface area (Å²) in [6.07, 6.45) is 0. The summed E-state index contributed by atoms with van der Waals surface area (Å²) in [5.41, 5.74) is 1.48. The van der Waals surface area contributed by atoms with Crippen LogP contribution in [0.2, 0.25) is 0 Å². The number of phenolic OH excluding ortho intramolecular Hbond substituents is 1. The first kappa shape index (κ1) is 24.9. The Bertz CT molecular complexity index is 656. The lowest BCUT2D eigenvalue weighted by Crippen LogP contribution is -2.28. The molecule has 2 atom stereocenters. The quantitative estimate of drug-likeness (QED) is 0.410. The summed E-state index contributed by atoms with van der Waals surface area (Å²) in [6, 6.07) is 3.63. The zero-order valence-corrected chi connectivity index (χ0v) is 19.6. The van der Waals surface area contributed by atoms with Gasteiger partial charge in [0.1, 0.15) is 5.75 Å². The predicted molar refractivity (Wildman–Crippen MR) is 109 cm³/mol. The van der Waals surface area contributed by atoms with E-state index < -0.39 is 16.5 Å². The number of aromatic hydroxyl groups is 1. The average molecular weight is 435 g/mol. The first-order valence-electron chi connectivity index (χ1n) is 8.72. The number of benzene rings is 1. The Balaban J connectivity index is 3.43. The lowest BCUT2D eigenvalue weighted by Gasteiger charge is -2.30. The van der Waals surface area contributed by atoms with Crippen molar-refractivity contribution in [2.75, 3.05) is 32.6 Å². The molecule has 0 fully saturated rings. The summed E-state index contributed by atoms with van der Waals surface area (Å²) >= 11 is 0. The molecule has 8 nitrogen and oxygen atoms in total. The molecule has 0 bridgehead atoms. The zero-order valence-electron chi connectivity index (χ0n) is 17.8. The largest absolute Gasteiger partial charge is 0.698 e. The van der Waals surface area contributed by atoms with Gasteiger partial charge in [0.05, 0.1) is 14.2 Å². The number of rotatable bonds is 9. The molecule has 0 aromatic heterocycles. The van der Waals surface area contributed by atoms with Crippen LogP contribution in [-0.2, 0) is 38.1 Å². The van der Waals surface area contributed by atoms with E-state index in [1.807, 2.05) is 53.7 Å². The molecule has 28 heavy (non-hydrogen) atoms. The fourth-order valence-corrected chi connectivity index (χ4v) is 3.15. The van der Waals surface area contributed by atoms with Crippen molar-refractivity contribution in [3.63, 3.8) is 0 Å². The highest BCUT2D eigenvalue weighted by Crippen LogP contribution is 2.42. The Morgan fingerprint density at radius 2 is 1.21 bits per heavy atom. The Morgan fingerprint density at radius 1 is 0.857 bits per heavy atom. The van der Waals surface area contributed by atoms with Crippen LogP contribution in [0.3, 0.4) is 0 Å². The Kier molecular flexibility index (Phi) is 8.94. The molecule has 2 unspecified atom stereocenters. The van der Waals surface area contributed by atoms with Crippen LogP contribution in [0.15, 0.2) is 12.1 Å². The molecule has 1 aromatic rings. The first-order chi connectivity index (χ1) is 12.8. The summed E-state index contributed by atoms with van der Waals surface area (Å²) in [7, 11) is -2.05. The molecule has 0 aliphatic heterocycles. The standard InChI is InChI=1S/C18H30NO7P2/c1-17(2,3)14-9-13(10-15(16(14)20)18(4,5)6)19(11-25-27(21)23-7)12-26-28(22)24-8/h9-10H,11-12H2,1-8H3/q+1/p+1. The van der Waals surface area contributed by atoms with E-state index in [1.165, 1.54) is 14.2 Å². The smallest absolute Gasteiger partial charge is 0.507 e. The summed E-state index contributed by atoms with van der Waals surface area (Å²) in [5, 5.41) is 10.9. The van der Waals surface area contributed by atoms with Gasteiger partial charge in [-0.2, -0.15) is 0 Å². The topological polar surface area (TPSA) is 94.5 Å². The molecule has 1 N–H and O–H groups in total. The molecular weight excluding hydrogens is 404 g/mol. The van der Waals surface area contributed by atoms with Crippen LogP contribution in [0.1, 0.15) is 52.7 Å². The molecular formula is C18H31NO7P2+2. The first-order valence-corrected chi connectivity index (χ1v) is 10.9. The van der Waals surface area contributed by atoms with Crippen LogP contribution in [0.25, 0.3) is 0 Å². The van der Waals surface area contributed by atoms with Gasteiger partial charge in [0.15, 0.2) is 13.5 Å². The number of hydrogen-bond acceptors (Lipinski definition) is 8. The van der Waals surface area contributed by atoms with E-state index in [1.54, 1.807) is 4.90 Å². The van der Waals surface area contributed by atoms with Crippen molar-refractivity contribution in [3.05, 3.63) is 23.3 Å². The second-order valence-electron chi connectivity index (χ2n) is 8.26. The van der Waals surface area contributed by atoms with E-state index in [9.17, 15) is 14.2 Å². The minimum Gasteiger partial charge on any atom is -0.507 e. The molecule has 0 aliphatic carbocycles. The lowest BCUT2D eigenvalue weighted by atomic mass is 9.79.